The zero-order chi connectivity index (χ0) is 19.2. The highest BCUT2D eigenvalue weighted by molar-refractivity contribution is 6.35. The molecule has 1 aromatic heterocycles. The minimum absolute atomic E-state index is 0.193. The molecule has 1 saturated heterocycles. The van der Waals surface area contributed by atoms with Crippen molar-refractivity contribution in [3.63, 3.8) is 0 Å². The van der Waals surface area contributed by atoms with Crippen LogP contribution in [0.25, 0.3) is 0 Å². The smallest absolute Gasteiger partial charge is 0.246 e. The Bertz CT molecular complexity index is 925. The van der Waals surface area contributed by atoms with E-state index < -0.39 is 5.54 Å². The lowest BCUT2D eigenvalue weighted by atomic mass is 9.82. The third kappa shape index (κ3) is 2.86. The predicted octanol–water partition coefficient (Wildman–Crippen LogP) is 0.768. The molecule has 2 unspecified atom stereocenters. The molecular formula is C18H18ClN5O3. The monoisotopic (exact) mass is 387 g/mol. The van der Waals surface area contributed by atoms with Gasteiger partial charge in [-0.15, -0.1) is 0 Å². The van der Waals surface area contributed by atoms with E-state index in [1.54, 1.807) is 25.4 Å². The van der Waals surface area contributed by atoms with E-state index in [4.69, 9.17) is 16.3 Å². The summed E-state index contributed by atoms with van der Waals surface area (Å²) in [4.78, 5) is 33.9. The van der Waals surface area contributed by atoms with E-state index in [-0.39, 0.29) is 35.3 Å². The molecule has 8 nitrogen and oxygen atoms in total. The van der Waals surface area contributed by atoms with Gasteiger partial charge in [-0.2, -0.15) is 0 Å². The number of carbonyl (C=O) groups excluding carboxylic acids is 2. The molecule has 3 atom stereocenters. The van der Waals surface area contributed by atoms with Crippen LogP contribution in [0, 0.1) is 5.92 Å². The number of halogens is 1. The Labute approximate surface area is 160 Å². The Balaban J connectivity index is 1.69. The molecule has 0 aliphatic carbocycles. The number of amidine groups is 1. The van der Waals surface area contributed by atoms with Crippen LogP contribution in [0.1, 0.15) is 17.3 Å². The molecule has 1 fully saturated rings. The number of aliphatic imine (C=N–C) groups is 1. The molecule has 9 heteroatoms. The van der Waals surface area contributed by atoms with E-state index in [1.165, 1.54) is 19.5 Å². The van der Waals surface area contributed by atoms with Crippen molar-refractivity contribution in [2.24, 2.45) is 10.9 Å². The van der Waals surface area contributed by atoms with Gasteiger partial charge in [0.15, 0.2) is 5.78 Å². The van der Waals surface area contributed by atoms with E-state index in [9.17, 15) is 9.59 Å². The Morgan fingerprint density at radius 2 is 2.26 bits per heavy atom. The summed E-state index contributed by atoms with van der Waals surface area (Å²) in [5.74, 6) is -0.150. The second kappa shape index (κ2) is 6.56. The van der Waals surface area contributed by atoms with Gasteiger partial charge in [0, 0.05) is 43.0 Å². The Morgan fingerprint density at radius 3 is 3.00 bits per heavy atom. The molecule has 3 N–H and O–H groups in total. The van der Waals surface area contributed by atoms with Crippen LogP contribution in [0.4, 0.5) is 0 Å². The highest BCUT2D eigenvalue weighted by atomic mass is 35.5. The van der Waals surface area contributed by atoms with Gasteiger partial charge in [0.1, 0.15) is 11.4 Å². The number of hydrogen-bond donors (Lipinski definition) is 3. The van der Waals surface area contributed by atoms with Crippen molar-refractivity contribution >= 4 is 29.1 Å². The van der Waals surface area contributed by atoms with Gasteiger partial charge in [-0.25, -0.2) is 4.99 Å². The first-order valence-electron chi connectivity index (χ1n) is 8.41. The second-order valence-electron chi connectivity index (χ2n) is 6.85. The summed E-state index contributed by atoms with van der Waals surface area (Å²) >= 11 is 6.15. The average molecular weight is 388 g/mol. The summed E-state index contributed by atoms with van der Waals surface area (Å²) in [7, 11) is 1.54. The summed E-state index contributed by atoms with van der Waals surface area (Å²) in [6, 6.07) is 1.26. The van der Waals surface area contributed by atoms with E-state index >= 15 is 0 Å². The molecule has 0 saturated carbocycles. The molecule has 0 radical (unpaired) electrons. The predicted molar refractivity (Wildman–Crippen MR) is 99.2 cm³/mol. The lowest BCUT2D eigenvalue weighted by molar-refractivity contribution is -0.130. The number of methoxy groups -OCH3 is 1. The number of nitrogens with zero attached hydrogens (tertiary/aromatic N) is 2. The molecule has 4 rings (SSSR count). The lowest BCUT2D eigenvalue weighted by Crippen LogP contribution is -2.69. The van der Waals surface area contributed by atoms with Gasteiger partial charge in [0.2, 0.25) is 5.91 Å². The molecule has 27 heavy (non-hydrogen) atoms. The molecule has 0 spiro atoms. The number of ketones is 1. The van der Waals surface area contributed by atoms with Crippen molar-refractivity contribution in [3.05, 3.63) is 52.7 Å². The zero-order valence-corrected chi connectivity index (χ0v) is 15.5. The highest BCUT2D eigenvalue weighted by Gasteiger charge is 2.49. The number of hydrogen-bond acceptors (Lipinski definition) is 7. The fraction of sp³-hybridized carbons (Fsp3) is 0.333. The van der Waals surface area contributed by atoms with E-state index in [1.807, 2.05) is 0 Å². The van der Waals surface area contributed by atoms with Crippen LogP contribution < -0.4 is 16.0 Å². The number of aromatic nitrogens is 1. The number of rotatable bonds is 4. The Morgan fingerprint density at radius 1 is 1.44 bits per heavy atom. The first-order valence-corrected chi connectivity index (χ1v) is 8.79. The standard InChI is InChI=1S/C18H18ClN5O3/c1-18(8-27-2)17(26)23-12-7-22-16-13(14(12)24-18)10(5-21-16)15(25)9-3-4-20-6-11(9)19/h3-7,13-14,24H,8H2,1-2H3,(H,21,22)(H,23,26)/t13?,14?,18-/m0/s1. The van der Waals surface area contributed by atoms with Crippen LogP contribution in [-0.4, -0.2) is 47.8 Å². The van der Waals surface area contributed by atoms with Crippen LogP contribution in [-0.2, 0) is 9.53 Å². The number of amides is 1. The highest BCUT2D eigenvalue weighted by Crippen LogP contribution is 2.34. The van der Waals surface area contributed by atoms with Gasteiger partial charge in [-0.1, -0.05) is 11.6 Å². The second-order valence-corrected chi connectivity index (χ2v) is 7.25. The number of Topliss-reactive ketones (excluding diaryl/α,β-unsaturated/α-hetero) is 1. The molecule has 0 bridgehead atoms. The summed E-state index contributed by atoms with van der Waals surface area (Å²) in [5, 5.41) is 9.58. The van der Waals surface area contributed by atoms with E-state index in [2.05, 4.69) is 25.9 Å². The number of carbonyl (C=O) groups is 2. The number of ether oxygens (including phenoxy) is 1. The lowest BCUT2D eigenvalue weighted by Gasteiger charge is -2.43. The van der Waals surface area contributed by atoms with E-state index in [0.29, 0.717) is 22.7 Å². The molecule has 3 aliphatic heterocycles. The van der Waals surface area contributed by atoms with Crippen LogP contribution in [0.2, 0.25) is 5.02 Å². The summed E-state index contributed by atoms with van der Waals surface area (Å²) in [6.07, 6.45) is 6.21. The maximum absolute atomic E-state index is 13.1. The van der Waals surface area contributed by atoms with Gasteiger partial charge in [0.25, 0.3) is 0 Å². The quantitative estimate of drug-likeness (QED) is 0.659. The van der Waals surface area contributed by atoms with Crippen molar-refractivity contribution in [1.29, 1.82) is 0 Å². The van der Waals surface area contributed by atoms with Gasteiger partial charge in [-0.05, 0) is 13.0 Å². The van der Waals surface area contributed by atoms with Gasteiger partial charge < -0.3 is 15.4 Å². The van der Waals surface area contributed by atoms with Crippen LogP contribution >= 0.6 is 11.6 Å². The first-order chi connectivity index (χ1) is 12.9. The van der Waals surface area contributed by atoms with Crippen molar-refractivity contribution in [2.75, 3.05) is 13.7 Å². The molecule has 0 aromatic carbocycles. The molecule has 3 aliphatic rings. The van der Waals surface area contributed by atoms with E-state index in [0.717, 1.165) is 0 Å². The van der Waals surface area contributed by atoms with Crippen LogP contribution in [0.15, 0.2) is 47.1 Å². The zero-order valence-electron chi connectivity index (χ0n) is 14.7. The van der Waals surface area contributed by atoms with Crippen molar-refractivity contribution in [3.8, 4) is 0 Å². The van der Waals surface area contributed by atoms with Crippen LogP contribution in [0.5, 0.6) is 0 Å². The summed E-state index contributed by atoms with van der Waals surface area (Å²) in [6.45, 7) is 1.96. The van der Waals surface area contributed by atoms with Gasteiger partial charge in [0.05, 0.1) is 29.3 Å². The van der Waals surface area contributed by atoms with Crippen molar-refractivity contribution in [1.82, 2.24) is 20.9 Å². The maximum Gasteiger partial charge on any atom is 0.246 e. The average Bonchev–Trinajstić information content (AvgIpc) is 3.07. The van der Waals surface area contributed by atoms with Gasteiger partial charge in [-0.3, -0.25) is 19.9 Å². The Kier molecular flexibility index (Phi) is 4.33. The largest absolute Gasteiger partial charge is 0.382 e. The molecule has 1 aromatic rings. The fourth-order valence-corrected chi connectivity index (χ4v) is 3.80. The maximum atomic E-state index is 13.1. The van der Waals surface area contributed by atoms with Gasteiger partial charge >= 0.3 is 0 Å². The number of nitrogens with one attached hydrogen (secondary N) is 3. The number of pyridine rings is 1. The molecular weight excluding hydrogens is 370 g/mol. The normalized spacial score (nSPS) is 28.9. The molecule has 1 amide bonds. The topological polar surface area (TPSA) is 105 Å². The summed E-state index contributed by atoms with van der Waals surface area (Å²) in [5.41, 5.74) is 0.576. The van der Waals surface area contributed by atoms with Crippen molar-refractivity contribution < 1.29 is 14.3 Å². The minimum Gasteiger partial charge on any atom is -0.382 e. The third-order valence-electron chi connectivity index (χ3n) is 4.96. The minimum atomic E-state index is -0.926. The first kappa shape index (κ1) is 17.8. The summed E-state index contributed by atoms with van der Waals surface area (Å²) < 4.78 is 5.21. The number of fused-ring (bicyclic) bond motifs is 3. The third-order valence-corrected chi connectivity index (χ3v) is 5.26. The molecule has 140 valence electrons. The number of piperazine rings is 1. The fourth-order valence-electron chi connectivity index (χ4n) is 3.60. The molecule has 4 heterocycles. The van der Waals surface area contributed by atoms with Crippen molar-refractivity contribution in [2.45, 2.75) is 18.5 Å². The Hall–Kier alpha value is -2.55. The van der Waals surface area contributed by atoms with Crippen LogP contribution in [0.3, 0.4) is 0 Å². The SMILES string of the molecule is COC[C@]1(C)NC2C(=CN=C3NC=C(C(=O)c4ccncc4Cl)C32)NC1=O.